The van der Waals surface area contributed by atoms with E-state index in [1.54, 1.807) is 0 Å². The number of carbonyl (C=O) groups is 1. The minimum Gasteiger partial charge on any atom is -0.358 e. The second-order valence-electron chi connectivity index (χ2n) is 4.66. The molecule has 0 unspecified atom stereocenters. The Morgan fingerprint density at radius 3 is 2.63 bits per heavy atom. The van der Waals surface area contributed by atoms with Gasteiger partial charge < -0.3 is 5.32 Å². The molecule has 0 saturated carbocycles. The molecular formula is C12H16F3N3O. The molecule has 0 spiro atoms. The van der Waals surface area contributed by atoms with Crippen LogP contribution in [0.4, 0.5) is 13.2 Å². The maximum absolute atomic E-state index is 13.0. The number of likely N-dealkylation sites (N-methyl/N-ethyl adjacent to an activating group) is 1. The zero-order valence-corrected chi connectivity index (χ0v) is 10.7. The van der Waals surface area contributed by atoms with Crippen LogP contribution in [-0.4, -0.2) is 22.7 Å². The third-order valence-electron chi connectivity index (χ3n) is 3.35. The summed E-state index contributed by atoms with van der Waals surface area (Å²) in [6.45, 7) is -0.158. The van der Waals surface area contributed by atoms with Crippen molar-refractivity contribution in [1.29, 1.82) is 0 Å². The fourth-order valence-corrected chi connectivity index (χ4v) is 2.42. The average Bonchev–Trinajstić information content (AvgIpc) is 2.54. The summed E-state index contributed by atoms with van der Waals surface area (Å²) in [5.74, 6) is -0.344. The first-order valence-electron chi connectivity index (χ1n) is 6.30. The van der Waals surface area contributed by atoms with Crippen LogP contribution in [0.25, 0.3) is 0 Å². The highest BCUT2D eigenvalue weighted by atomic mass is 19.4. The largest absolute Gasteiger partial charge is 0.435 e. The summed E-state index contributed by atoms with van der Waals surface area (Å²) in [7, 11) is 1.45. The summed E-state index contributed by atoms with van der Waals surface area (Å²) in [4.78, 5) is 11.4. The lowest BCUT2D eigenvalue weighted by atomic mass is 10.1. The molecule has 1 N–H and O–H groups in total. The molecule has 1 aliphatic rings. The molecule has 106 valence electrons. The van der Waals surface area contributed by atoms with Gasteiger partial charge in [0.1, 0.15) is 6.54 Å². The van der Waals surface area contributed by atoms with Crippen LogP contribution < -0.4 is 5.32 Å². The summed E-state index contributed by atoms with van der Waals surface area (Å²) < 4.78 is 40.1. The van der Waals surface area contributed by atoms with Gasteiger partial charge in [-0.2, -0.15) is 18.3 Å². The van der Waals surface area contributed by atoms with E-state index in [-0.39, 0.29) is 18.0 Å². The highest BCUT2D eigenvalue weighted by Crippen LogP contribution is 2.35. The first-order valence-corrected chi connectivity index (χ1v) is 6.30. The third kappa shape index (κ3) is 2.90. The maximum Gasteiger partial charge on any atom is 0.435 e. The predicted molar refractivity (Wildman–Crippen MR) is 62.6 cm³/mol. The minimum atomic E-state index is -4.46. The van der Waals surface area contributed by atoms with Crippen molar-refractivity contribution in [3.8, 4) is 0 Å². The third-order valence-corrected chi connectivity index (χ3v) is 3.35. The van der Waals surface area contributed by atoms with Gasteiger partial charge in [-0.05, 0) is 25.7 Å². The number of carbonyl (C=O) groups excluding carboxylic acids is 1. The van der Waals surface area contributed by atoms with Crippen molar-refractivity contribution in [3.05, 3.63) is 17.0 Å². The standard InChI is InChI=1S/C12H16F3N3O/c1-16-10(19)7-18-9-6-4-2-3-5-8(9)11(17-18)12(13,14)15/h2-7H2,1H3,(H,16,19). The van der Waals surface area contributed by atoms with Gasteiger partial charge in [0.2, 0.25) is 5.91 Å². The first-order chi connectivity index (χ1) is 8.93. The fraction of sp³-hybridized carbons (Fsp3) is 0.667. The molecule has 1 aromatic heterocycles. The lowest BCUT2D eigenvalue weighted by Crippen LogP contribution is -2.25. The Labute approximate surface area is 109 Å². The van der Waals surface area contributed by atoms with E-state index in [4.69, 9.17) is 0 Å². The summed E-state index contributed by atoms with van der Waals surface area (Å²) >= 11 is 0. The lowest BCUT2D eigenvalue weighted by Gasteiger charge is -2.06. The maximum atomic E-state index is 13.0. The van der Waals surface area contributed by atoms with E-state index in [2.05, 4.69) is 10.4 Å². The van der Waals surface area contributed by atoms with E-state index in [0.29, 0.717) is 18.5 Å². The van der Waals surface area contributed by atoms with Crippen LogP contribution in [0.1, 0.15) is 36.2 Å². The van der Waals surface area contributed by atoms with E-state index in [9.17, 15) is 18.0 Å². The van der Waals surface area contributed by atoms with Gasteiger partial charge in [0, 0.05) is 18.3 Å². The number of hydrogen-bond donors (Lipinski definition) is 1. The molecule has 0 atom stereocenters. The number of halogens is 3. The molecule has 19 heavy (non-hydrogen) atoms. The zero-order chi connectivity index (χ0) is 14.0. The van der Waals surface area contributed by atoms with Crippen molar-refractivity contribution in [3.63, 3.8) is 0 Å². The number of aromatic nitrogens is 2. The highest BCUT2D eigenvalue weighted by molar-refractivity contribution is 5.75. The monoisotopic (exact) mass is 275 g/mol. The minimum absolute atomic E-state index is 0.158. The molecule has 4 nitrogen and oxygen atoms in total. The van der Waals surface area contributed by atoms with Crippen molar-refractivity contribution in [1.82, 2.24) is 15.1 Å². The summed E-state index contributed by atoms with van der Waals surface area (Å²) in [6.07, 6.45) is -1.03. The van der Waals surface area contributed by atoms with Crippen LogP contribution in [0.15, 0.2) is 0 Å². The predicted octanol–water partition coefficient (Wildman–Crippen LogP) is 1.92. The molecular weight excluding hydrogens is 259 g/mol. The topological polar surface area (TPSA) is 46.9 Å². The normalized spacial score (nSPS) is 15.8. The van der Waals surface area contributed by atoms with Crippen LogP contribution in [0.3, 0.4) is 0 Å². The molecule has 0 bridgehead atoms. The summed E-state index contributed by atoms with van der Waals surface area (Å²) in [5, 5.41) is 6.03. The molecule has 2 rings (SSSR count). The highest BCUT2D eigenvalue weighted by Gasteiger charge is 2.39. The molecule has 0 aromatic carbocycles. The van der Waals surface area contributed by atoms with Crippen LogP contribution >= 0.6 is 0 Å². The van der Waals surface area contributed by atoms with E-state index < -0.39 is 11.9 Å². The van der Waals surface area contributed by atoms with Crippen molar-refractivity contribution in [2.75, 3.05) is 7.05 Å². The van der Waals surface area contributed by atoms with Crippen LogP contribution in [0.2, 0.25) is 0 Å². The van der Waals surface area contributed by atoms with Gasteiger partial charge in [-0.1, -0.05) is 6.42 Å². The smallest absolute Gasteiger partial charge is 0.358 e. The van der Waals surface area contributed by atoms with E-state index in [1.807, 2.05) is 0 Å². The van der Waals surface area contributed by atoms with E-state index >= 15 is 0 Å². The Morgan fingerprint density at radius 1 is 1.32 bits per heavy atom. The van der Waals surface area contributed by atoms with Gasteiger partial charge >= 0.3 is 6.18 Å². The molecule has 0 radical (unpaired) electrons. The Hall–Kier alpha value is -1.53. The quantitative estimate of drug-likeness (QED) is 0.838. The Balaban J connectivity index is 2.43. The number of nitrogens with one attached hydrogen (secondary N) is 1. The van der Waals surface area contributed by atoms with Gasteiger partial charge in [0.05, 0.1) is 0 Å². The molecule has 1 aromatic rings. The van der Waals surface area contributed by atoms with Crippen LogP contribution in [0, 0.1) is 0 Å². The molecule has 1 heterocycles. The number of hydrogen-bond acceptors (Lipinski definition) is 2. The van der Waals surface area contributed by atoms with E-state index in [0.717, 1.165) is 19.3 Å². The van der Waals surface area contributed by atoms with E-state index in [1.165, 1.54) is 11.7 Å². The molecule has 0 saturated heterocycles. The second kappa shape index (κ2) is 5.22. The van der Waals surface area contributed by atoms with Crippen molar-refractivity contribution in [2.45, 2.75) is 44.8 Å². The van der Waals surface area contributed by atoms with Crippen LogP contribution in [0.5, 0.6) is 0 Å². The number of fused-ring (bicyclic) bond motifs is 1. The Kier molecular flexibility index (Phi) is 3.82. The molecule has 1 aliphatic carbocycles. The summed E-state index contributed by atoms with van der Waals surface area (Å²) in [6, 6.07) is 0. The van der Waals surface area contributed by atoms with Crippen molar-refractivity contribution in [2.24, 2.45) is 0 Å². The number of rotatable bonds is 2. The second-order valence-corrected chi connectivity index (χ2v) is 4.66. The summed E-state index contributed by atoms with van der Waals surface area (Å²) in [5.41, 5.74) is 0.00984. The molecule has 7 heteroatoms. The first kappa shape index (κ1) is 13.9. The fourth-order valence-electron chi connectivity index (χ4n) is 2.42. The van der Waals surface area contributed by atoms with Crippen molar-refractivity contribution >= 4 is 5.91 Å². The number of amides is 1. The van der Waals surface area contributed by atoms with Gasteiger partial charge in [-0.15, -0.1) is 0 Å². The Morgan fingerprint density at radius 2 is 2.00 bits per heavy atom. The Bertz CT molecular complexity index is 479. The van der Waals surface area contributed by atoms with Gasteiger partial charge in [-0.25, -0.2) is 0 Å². The molecule has 0 aliphatic heterocycles. The molecule has 0 fully saturated rings. The van der Waals surface area contributed by atoms with Gasteiger partial charge in [0.25, 0.3) is 0 Å². The lowest BCUT2D eigenvalue weighted by molar-refractivity contribution is -0.142. The van der Waals surface area contributed by atoms with Crippen molar-refractivity contribution < 1.29 is 18.0 Å². The number of nitrogens with zero attached hydrogens (tertiary/aromatic N) is 2. The zero-order valence-electron chi connectivity index (χ0n) is 10.7. The SMILES string of the molecule is CNC(=O)Cn1nc(C(F)(F)F)c2c1CCCCC2. The number of alkyl halides is 3. The average molecular weight is 275 g/mol. The molecule has 1 amide bonds. The van der Waals surface area contributed by atoms with Crippen LogP contribution in [-0.2, 0) is 30.4 Å². The van der Waals surface area contributed by atoms with Gasteiger partial charge in [0.15, 0.2) is 5.69 Å². The van der Waals surface area contributed by atoms with Gasteiger partial charge in [-0.3, -0.25) is 9.48 Å².